The minimum Gasteiger partial charge on any atom is -0.460 e. The van der Waals surface area contributed by atoms with Crippen molar-refractivity contribution in [3.8, 4) is 5.00 Å². The van der Waals surface area contributed by atoms with Crippen molar-refractivity contribution < 1.29 is 19.1 Å². The molecule has 0 saturated heterocycles. The van der Waals surface area contributed by atoms with Gasteiger partial charge in [-0.2, -0.15) is 0 Å². The Balaban J connectivity index is 0.000000255. The van der Waals surface area contributed by atoms with E-state index in [1.54, 1.807) is 22.7 Å². The first-order valence-corrected chi connectivity index (χ1v) is 29.4. The number of anilines is 1. The van der Waals surface area contributed by atoms with E-state index in [1.807, 2.05) is 102 Å². The average molecular weight is 1100 g/mol. The van der Waals surface area contributed by atoms with Crippen LogP contribution in [0.15, 0.2) is 58.5 Å². The third-order valence-electron chi connectivity index (χ3n) is 9.56. The third-order valence-corrected chi connectivity index (χ3v) is 19.4. The Morgan fingerprint density at radius 2 is 1.15 bits per heavy atom. The second-order valence-corrected chi connectivity index (χ2v) is 27.6. The number of hydrogen-bond donors (Lipinski definition) is 1. The quantitative estimate of drug-likeness (QED) is 0.130. The van der Waals surface area contributed by atoms with E-state index in [0.717, 1.165) is 60.6 Å². The summed E-state index contributed by atoms with van der Waals surface area (Å²) >= 11 is 30.1. The van der Waals surface area contributed by atoms with Gasteiger partial charge in [0.05, 0.1) is 24.3 Å². The van der Waals surface area contributed by atoms with Gasteiger partial charge in [0, 0.05) is 100.0 Å². The van der Waals surface area contributed by atoms with E-state index in [4.69, 9.17) is 54.9 Å². The van der Waals surface area contributed by atoms with Crippen LogP contribution in [0.1, 0.15) is 123 Å². The minimum atomic E-state index is -0.569. The van der Waals surface area contributed by atoms with Crippen molar-refractivity contribution in [1.29, 1.82) is 0 Å². The number of carbonyl (C=O) groups excluding carboxylic acids is 2. The number of nitrogens with zero attached hydrogens (tertiary/aromatic N) is 5. The fourth-order valence-corrected chi connectivity index (χ4v) is 15.0. The molecule has 1 N–H and O–H groups in total. The summed E-state index contributed by atoms with van der Waals surface area (Å²) in [6.45, 7) is 21.4. The lowest BCUT2D eigenvalue weighted by Gasteiger charge is -2.21. The number of nitrogens with one attached hydrogen (secondary N) is 1. The van der Waals surface area contributed by atoms with Crippen LogP contribution in [0.3, 0.4) is 0 Å². The molecular formula is C45H52Cl2N6O4S9. The van der Waals surface area contributed by atoms with E-state index in [0.29, 0.717) is 20.9 Å². The van der Waals surface area contributed by atoms with E-state index in [2.05, 4.69) is 65.6 Å². The number of thiocarbonyl (C=S) groups is 1. The van der Waals surface area contributed by atoms with Crippen molar-refractivity contribution >= 4 is 149 Å². The second-order valence-electron chi connectivity index (χ2n) is 16.7. The Bertz CT molecular complexity index is 2830. The summed E-state index contributed by atoms with van der Waals surface area (Å²) in [5.74, 6) is 0.773. The zero-order valence-electron chi connectivity index (χ0n) is 37.5. The number of rotatable bonds is 6. The smallest absolute Gasteiger partial charge is 0.308 e. The van der Waals surface area contributed by atoms with Crippen molar-refractivity contribution in [3.05, 3.63) is 113 Å². The summed E-state index contributed by atoms with van der Waals surface area (Å²) in [5.41, 5.74) is 6.78. The van der Waals surface area contributed by atoms with Gasteiger partial charge in [0.2, 0.25) is 0 Å². The molecule has 0 spiro atoms. The van der Waals surface area contributed by atoms with Gasteiger partial charge >= 0.3 is 11.9 Å². The van der Waals surface area contributed by atoms with Crippen LogP contribution in [0, 0.1) is 34.6 Å². The van der Waals surface area contributed by atoms with Crippen molar-refractivity contribution in [3.63, 3.8) is 0 Å². The summed E-state index contributed by atoms with van der Waals surface area (Å²) < 4.78 is 13.1. The molecule has 5 heterocycles. The predicted octanol–water partition coefficient (Wildman–Crippen LogP) is 11.9. The molecule has 0 radical (unpaired) electrons. The van der Waals surface area contributed by atoms with Gasteiger partial charge in [-0.1, -0.05) is 67.1 Å². The molecule has 5 aromatic rings. The first kappa shape index (κ1) is 55.6. The van der Waals surface area contributed by atoms with Gasteiger partial charge < -0.3 is 14.8 Å². The van der Waals surface area contributed by atoms with E-state index in [1.165, 1.54) is 45.3 Å². The predicted molar refractivity (Wildman–Crippen MR) is 296 cm³/mol. The molecule has 0 bridgehead atoms. The number of fused-ring (bicyclic) bond motifs is 4. The number of benzene rings is 2. The van der Waals surface area contributed by atoms with E-state index in [-0.39, 0.29) is 32.2 Å². The van der Waals surface area contributed by atoms with Crippen LogP contribution < -0.4 is 5.32 Å². The van der Waals surface area contributed by atoms with Crippen molar-refractivity contribution in [2.45, 2.75) is 120 Å². The molecule has 2 aromatic carbocycles. The molecule has 0 fully saturated rings. The van der Waals surface area contributed by atoms with Gasteiger partial charge in [-0.05, 0) is 112 Å². The summed E-state index contributed by atoms with van der Waals surface area (Å²) in [7, 11) is 5.63. The largest absolute Gasteiger partial charge is 0.460 e. The van der Waals surface area contributed by atoms with Crippen LogP contribution in [-0.4, -0.2) is 60.4 Å². The Hall–Kier alpha value is -2.95. The van der Waals surface area contributed by atoms with Gasteiger partial charge in [-0.3, -0.25) is 24.1 Å². The maximum absolute atomic E-state index is 12.7. The maximum atomic E-state index is 12.7. The Kier molecular flexibility index (Phi) is 20.3. The molecule has 354 valence electrons. The summed E-state index contributed by atoms with van der Waals surface area (Å²) in [6.07, 6.45) is 0.173. The molecule has 0 saturated carbocycles. The summed E-state index contributed by atoms with van der Waals surface area (Å²) in [4.78, 5) is 38.0. The minimum absolute atomic E-state index is 0. The number of thiophene rings is 2. The average Bonchev–Trinajstić information content (AvgIpc) is 3.76. The molecule has 21 heteroatoms. The number of aromatic nitrogens is 3. The first-order valence-electron chi connectivity index (χ1n) is 20.0. The molecule has 0 amide bonds. The molecule has 0 aliphatic carbocycles. The first-order chi connectivity index (χ1) is 30.5. The van der Waals surface area contributed by atoms with Crippen LogP contribution in [0.2, 0.25) is 10.0 Å². The number of aryl methyl sites for hydroxylation is 3. The van der Waals surface area contributed by atoms with Gasteiger partial charge in [0.25, 0.3) is 0 Å². The zero-order chi connectivity index (χ0) is 48.0. The molecule has 2 unspecified atom stereocenters. The number of esters is 2. The highest BCUT2D eigenvalue weighted by molar-refractivity contribution is 8.64. The number of carbonyl (C=O) groups is 2. The van der Waals surface area contributed by atoms with Gasteiger partial charge in [-0.25, -0.2) is 0 Å². The van der Waals surface area contributed by atoms with E-state index >= 15 is 0 Å². The second kappa shape index (κ2) is 24.1. The molecule has 2 atom stereocenters. The maximum Gasteiger partial charge on any atom is 0.308 e. The Morgan fingerprint density at radius 3 is 1.64 bits per heavy atom. The van der Waals surface area contributed by atoms with Crippen molar-refractivity contribution in [2.24, 2.45) is 9.98 Å². The van der Waals surface area contributed by atoms with E-state index < -0.39 is 23.3 Å². The number of hydrogen-bond acceptors (Lipinski definition) is 13. The topological polar surface area (TPSA) is 120 Å². The summed E-state index contributed by atoms with van der Waals surface area (Å²) in [6, 6.07) is 14.2. The third kappa shape index (κ3) is 14.5. The van der Waals surface area contributed by atoms with Crippen LogP contribution in [0.4, 0.5) is 5.00 Å². The van der Waals surface area contributed by atoms with Gasteiger partial charge in [0.1, 0.15) is 44.1 Å². The highest BCUT2D eigenvalue weighted by atomic mass is 35.5. The monoisotopic (exact) mass is 1100 g/mol. The molecular weight excluding hydrogens is 1050 g/mol. The highest BCUT2D eigenvalue weighted by Crippen LogP contribution is 2.40. The highest BCUT2D eigenvalue weighted by Gasteiger charge is 2.34. The number of aliphatic imine (C=N–C) groups is 2. The molecule has 66 heavy (non-hydrogen) atoms. The summed E-state index contributed by atoms with van der Waals surface area (Å²) in [5, 5.41) is 15.3. The normalized spacial score (nSPS) is 15.0. The molecule has 7 rings (SSSR count). The standard InChI is InChI=1S/C23H25ClN4O2S.C21H23ClN2O2S2.CH4.S6/c1-12-13(2)31-22-19(12)20(15-7-9-16(24)10-8-15)25-17(11-18(29)30-23(4,5)6)21-27-26-14(3)28(21)22;1-11-12(2)28-20-17(11)18(13-6-8-14(22)9-7-13)23-15(19(27)24-20)10-16(25)26-21(3,4)5;;1-3-5-6-4-2/h7-10,17H,11H2,1-6H3;6-9,15H,10H2,1-5H3,(H,24,27);1H4;. The molecule has 2 aliphatic heterocycles. The van der Waals surface area contributed by atoms with Crippen molar-refractivity contribution in [1.82, 2.24) is 14.8 Å². The van der Waals surface area contributed by atoms with Crippen LogP contribution in [-0.2, 0) is 77.0 Å². The lowest BCUT2D eigenvalue weighted by atomic mass is 9.99. The lowest BCUT2D eigenvalue weighted by Crippen LogP contribution is -2.31. The van der Waals surface area contributed by atoms with Crippen LogP contribution >= 0.6 is 58.1 Å². The number of ether oxygens (including phenoxy) is 2. The van der Waals surface area contributed by atoms with Gasteiger partial charge in [-0.15, -0.1) is 32.9 Å². The molecule has 3 aromatic heterocycles. The fraction of sp³-hybridized carbons (Fsp3) is 0.400. The molecule has 10 nitrogen and oxygen atoms in total. The fourth-order valence-electron chi connectivity index (χ4n) is 6.68. The number of halogens is 2. The SMILES string of the molecule is C.Cc1sc2c(c1C)C(c1ccc(Cl)cc1)=NC(CC(=O)OC(C)(C)C)C(=S)N2.Cc1sc2c(c1C)C(c1ccc(Cl)cc1)=NC(CC(=O)OC(C)(C)C)c1nnc(C)n1-2.S=S=S=S=S=S. The van der Waals surface area contributed by atoms with Gasteiger partial charge in [0.15, 0.2) is 5.82 Å². The van der Waals surface area contributed by atoms with Crippen molar-refractivity contribution in [2.75, 3.05) is 5.32 Å². The zero-order valence-corrected chi connectivity index (χ0v) is 46.3. The van der Waals surface area contributed by atoms with Crippen LogP contribution in [0.25, 0.3) is 5.00 Å². The van der Waals surface area contributed by atoms with Crippen LogP contribution in [0.5, 0.6) is 0 Å². The molecule has 2 aliphatic rings. The lowest BCUT2D eigenvalue weighted by molar-refractivity contribution is -0.156. The van der Waals surface area contributed by atoms with E-state index in [9.17, 15) is 9.59 Å². The Labute approximate surface area is 432 Å². The Morgan fingerprint density at radius 1 is 0.712 bits per heavy atom.